The zero-order valence-electron chi connectivity index (χ0n) is 14.6. The molecule has 2 aromatic rings. The lowest BCUT2D eigenvalue weighted by molar-refractivity contribution is -0.253. The second-order valence-corrected chi connectivity index (χ2v) is 7.43. The van der Waals surface area contributed by atoms with Crippen molar-refractivity contribution in [3.05, 3.63) is 59.1 Å². The summed E-state index contributed by atoms with van der Waals surface area (Å²) in [5.74, 6) is -0.511. The monoisotopic (exact) mass is 466 g/mol. The predicted octanol–water partition coefficient (Wildman–Crippen LogP) is 5.54. The van der Waals surface area contributed by atoms with E-state index in [-0.39, 0.29) is 16.3 Å². The van der Waals surface area contributed by atoms with E-state index >= 15 is 0 Å². The van der Waals surface area contributed by atoms with Crippen LogP contribution in [0.15, 0.2) is 53.4 Å². The van der Waals surface area contributed by atoms with Crippen LogP contribution in [0.3, 0.4) is 0 Å². The van der Waals surface area contributed by atoms with Gasteiger partial charge in [0.1, 0.15) is 0 Å². The number of carbonyl (C=O) groups is 2. The first-order valence-corrected chi connectivity index (χ1v) is 9.88. The lowest BCUT2D eigenvalue weighted by atomic mass is 10.2. The lowest BCUT2D eigenvalue weighted by Gasteiger charge is -2.16. The first-order valence-electron chi connectivity index (χ1n) is 8.08. The predicted molar refractivity (Wildman–Crippen MR) is 107 cm³/mol. The molecule has 0 aliphatic heterocycles. The minimum Gasteiger partial charge on any atom is -0.316 e. The summed E-state index contributed by atoms with van der Waals surface area (Å²) in [5, 5.41) is 4.86. The maximum absolute atomic E-state index is 12.9. The molecule has 29 heavy (non-hydrogen) atoms. The molecule has 0 fully saturated rings. The Labute approximate surface area is 178 Å². The van der Waals surface area contributed by atoms with Crippen LogP contribution in [0.25, 0.3) is 0 Å². The summed E-state index contributed by atoms with van der Waals surface area (Å²) in [6.45, 7) is -0.405. The minimum atomic E-state index is -4.04. The number of alkyl halides is 4. The molecule has 2 aromatic carbocycles. The average molecular weight is 467 g/mol. The number of carbonyl (C=O) groups excluding carboxylic acids is 2. The molecule has 0 saturated carbocycles. The number of halogens is 5. The van der Waals surface area contributed by atoms with Gasteiger partial charge in [-0.05, 0) is 36.4 Å². The van der Waals surface area contributed by atoms with E-state index in [2.05, 4.69) is 27.0 Å². The fourth-order valence-corrected chi connectivity index (χ4v) is 3.03. The number of amides is 3. The molecule has 0 heterocycles. The molecule has 0 spiro atoms. The molecule has 1 unspecified atom stereocenters. The average Bonchev–Trinajstić information content (AvgIpc) is 2.66. The summed E-state index contributed by atoms with van der Waals surface area (Å²) in [5.41, 5.74) is -2.34. The molecule has 5 nitrogen and oxygen atoms in total. The Morgan fingerprint density at radius 1 is 1.14 bits per heavy atom. The van der Waals surface area contributed by atoms with Crippen molar-refractivity contribution in [3.8, 4) is 0 Å². The summed E-state index contributed by atoms with van der Waals surface area (Å²) in [4.78, 5) is 24.7. The van der Waals surface area contributed by atoms with Crippen LogP contribution in [-0.4, -0.2) is 36.0 Å². The van der Waals surface area contributed by atoms with Crippen molar-refractivity contribution in [2.75, 3.05) is 17.7 Å². The Balaban J connectivity index is 1.79. The summed E-state index contributed by atoms with van der Waals surface area (Å²) < 4.78 is 42.2. The highest BCUT2D eigenvalue weighted by Crippen LogP contribution is 2.27. The topological polar surface area (TPSA) is 67.4 Å². The first-order chi connectivity index (χ1) is 13.7. The van der Waals surface area contributed by atoms with Gasteiger partial charge in [0.25, 0.3) is 11.5 Å². The zero-order valence-corrected chi connectivity index (χ0v) is 17.0. The highest BCUT2D eigenvalue weighted by Gasteiger charge is 2.40. The maximum Gasteiger partial charge on any atom is 0.400 e. The van der Waals surface area contributed by atoms with E-state index in [1.54, 1.807) is 36.4 Å². The van der Waals surface area contributed by atoms with E-state index in [0.29, 0.717) is 10.6 Å². The van der Waals surface area contributed by atoms with Gasteiger partial charge in [0.15, 0.2) is 0 Å². The first kappa shape index (κ1) is 23.3. The molecule has 3 amide bonds. The standard InChI is InChI=1S/C18H15Cl2F3N2O3S/c19-14-4-2-1-3-13(14)15(26)25-17(27)24-11-5-7-12(8-6-11)29-10-9-28-18(22,23)16(20)21/h1-8,16H,9-10H2,(H2,24,25,26,27). The second-order valence-electron chi connectivity index (χ2n) is 5.47. The van der Waals surface area contributed by atoms with Gasteiger partial charge in [0.2, 0.25) is 0 Å². The Bertz CT molecular complexity index is 854. The summed E-state index contributed by atoms with van der Waals surface area (Å²) in [6.07, 6.45) is -4.04. The van der Waals surface area contributed by atoms with Crippen LogP contribution in [0.1, 0.15) is 10.4 Å². The lowest BCUT2D eigenvalue weighted by Crippen LogP contribution is -2.34. The second kappa shape index (κ2) is 10.7. The Hall–Kier alpha value is -1.94. The number of urea groups is 1. The van der Waals surface area contributed by atoms with Crippen LogP contribution in [0, 0.1) is 0 Å². The fourth-order valence-electron chi connectivity index (χ4n) is 2.01. The molecule has 0 radical (unpaired) electrons. The normalized spacial score (nSPS) is 12.3. The molecule has 1 atom stereocenters. The molecule has 0 saturated heterocycles. The molecule has 11 heteroatoms. The van der Waals surface area contributed by atoms with E-state index < -0.39 is 30.3 Å². The number of ether oxygens (including phenoxy) is 1. The molecule has 2 rings (SSSR count). The Kier molecular flexibility index (Phi) is 8.63. The van der Waals surface area contributed by atoms with Gasteiger partial charge in [-0.15, -0.1) is 11.8 Å². The summed E-state index contributed by atoms with van der Waals surface area (Å²) >= 11 is 11.8. The van der Waals surface area contributed by atoms with Crippen molar-refractivity contribution in [1.29, 1.82) is 0 Å². The van der Waals surface area contributed by atoms with Crippen molar-refractivity contribution >= 4 is 52.6 Å². The number of hydrogen-bond acceptors (Lipinski definition) is 4. The zero-order chi connectivity index (χ0) is 21.4. The highest BCUT2D eigenvalue weighted by atomic mass is 35.5. The molecule has 0 aliphatic rings. The van der Waals surface area contributed by atoms with Crippen LogP contribution >= 0.6 is 35.0 Å². The SMILES string of the molecule is O=C(NC(=O)c1ccccc1Cl)Nc1ccc(SCCOC(F)(F)C(F)Cl)cc1. The number of thioether (sulfide) groups is 1. The van der Waals surface area contributed by atoms with Crippen LogP contribution < -0.4 is 10.6 Å². The molecule has 156 valence electrons. The van der Waals surface area contributed by atoms with Crippen LogP contribution in [0.4, 0.5) is 23.7 Å². The third-order valence-corrected chi connectivity index (χ3v) is 4.92. The fraction of sp³-hybridized carbons (Fsp3) is 0.222. The van der Waals surface area contributed by atoms with Gasteiger partial charge >= 0.3 is 12.1 Å². The summed E-state index contributed by atoms with van der Waals surface area (Å²) in [6, 6.07) is 11.9. The third-order valence-electron chi connectivity index (χ3n) is 3.36. The maximum atomic E-state index is 12.9. The van der Waals surface area contributed by atoms with Crippen molar-refractivity contribution in [2.45, 2.75) is 16.6 Å². The Morgan fingerprint density at radius 2 is 1.79 bits per heavy atom. The highest BCUT2D eigenvalue weighted by molar-refractivity contribution is 7.99. The molecular weight excluding hydrogens is 452 g/mol. The number of imide groups is 1. The smallest absolute Gasteiger partial charge is 0.316 e. The molecule has 2 N–H and O–H groups in total. The van der Waals surface area contributed by atoms with E-state index in [1.807, 2.05) is 0 Å². The van der Waals surface area contributed by atoms with Crippen molar-refractivity contribution in [3.63, 3.8) is 0 Å². The number of benzene rings is 2. The van der Waals surface area contributed by atoms with E-state index in [0.717, 1.165) is 0 Å². The summed E-state index contributed by atoms with van der Waals surface area (Å²) in [7, 11) is 0. The quantitative estimate of drug-likeness (QED) is 0.304. The van der Waals surface area contributed by atoms with E-state index in [9.17, 15) is 22.8 Å². The van der Waals surface area contributed by atoms with E-state index in [1.165, 1.54) is 23.9 Å². The molecular formula is C18H15Cl2F3N2O3S. The largest absolute Gasteiger partial charge is 0.400 e. The molecule has 0 aliphatic carbocycles. The van der Waals surface area contributed by atoms with Crippen LogP contribution in [-0.2, 0) is 4.74 Å². The van der Waals surface area contributed by atoms with Crippen molar-refractivity contribution in [2.24, 2.45) is 0 Å². The van der Waals surface area contributed by atoms with Gasteiger partial charge in [-0.3, -0.25) is 10.1 Å². The number of hydrogen-bond donors (Lipinski definition) is 2. The van der Waals surface area contributed by atoms with Gasteiger partial charge in [-0.25, -0.2) is 9.18 Å². The van der Waals surface area contributed by atoms with Gasteiger partial charge in [0.05, 0.1) is 17.2 Å². The van der Waals surface area contributed by atoms with Crippen LogP contribution in [0.5, 0.6) is 0 Å². The van der Waals surface area contributed by atoms with Crippen molar-refractivity contribution < 1.29 is 27.5 Å². The van der Waals surface area contributed by atoms with Gasteiger partial charge in [-0.1, -0.05) is 35.3 Å². The number of rotatable bonds is 8. The Morgan fingerprint density at radius 3 is 2.41 bits per heavy atom. The number of nitrogens with one attached hydrogen (secondary N) is 2. The van der Waals surface area contributed by atoms with Gasteiger partial charge < -0.3 is 10.1 Å². The van der Waals surface area contributed by atoms with Gasteiger partial charge in [0, 0.05) is 16.3 Å². The third kappa shape index (κ3) is 7.43. The van der Waals surface area contributed by atoms with E-state index in [4.69, 9.17) is 11.6 Å². The molecule has 0 bridgehead atoms. The minimum absolute atomic E-state index is 0.138. The van der Waals surface area contributed by atoms with Gasteiger partial charge in [-0.2, -0.15) is 8.78 Å². The molecule has 0 aromatic heterocycles. The van der Waals surface area contributed by atoms with Crippen LogP contribution in [0.2, 0.25) is 5.02 Å². The number of anilines is 1. The van der Waals surface area contributed by atoms with Crippen molar-refractivity contribution in [1.82, 2.24) is 5.32 Å².